The van der Waals surface area contributed by atoms with E-state index in [2.05, 4.69) is 5.32 Å². The quantitative estimate of drug-likeness (QED) is 0.713. The molecule has 1 atom stereocenters. The minimum Gasteiger partial charge on any atom is -0.495 e. The third-order valence-corrected chi connectivity index (χ3v) is 3.53. The molecule has 2 aromatic rings. The smallest absolute Gasteiger partial charge is 0.328 e. The molecule has 2 rings (SSSR count). The molecule has 26 heavy (non-hydrogen) atoms. The first kappa shape index (κ1) is 19.3. The number of nitrogens with zero attached hydrogens (tertiary/aromatic N) is 1. The van der Waals surface area contributed by atoms with Crippen molar-refractivity contribution in [3.8, 4) is 5.75 Å². The van der Waals surface area contributed by atoms with E-state index >= 15 is 0 Å². The van der Waals surface area contributed by atoms with Crippen molar-refractivity contribution >= 4 is 29.2 Å². The highest BCUT2D eigenvalue weighted by atomic mass is 35.5. The summed E-state index contributed by atoms with van der Waals surface area (Å²) in [6, 6.07) is 5.77. The Bertz CT molecular complexity index is 936. The number of H-pyrrole nitrogens is 1. The molecule has 0 unspecified atom stereocenters. The first-order chi connectivity index (χ1) is 12.3. The van der Waals surface area contributed by atoms with Crippen molar-refractivity contribution in [1.82, 2.24) is 9.55 Å². The number of methoxy groups -OCH3 is 1. The van der Waals surface area contributed by atoms with Crippen molar-refractivity contribution in [3.63, 3.8) is 0 Å². The number of anilines is 1. The van der Waals surface area contributed by atoms with Gasteiger partial charge in [0.15, 0.2) is 6.10 Å². The van der Waals surface area contributed by atoms with Crippen LogP contribution in [0, 0.1) is 0 Å². The number of nitrogens with one attached hydrogen (secondary N) is 2. The zero-order valence-electron chi connectivity index (χ0n) is 13.9. The first-order valence-corrected chi connectivity index (χ1v) is 7.81. The minimum atomic E-state index is -1.13. The number of hydrogen-bond donors (Lipinski definition) is 2. The molecule has 1 aromatic carbocycles. The Kier molecular flexibility index (Phi) is 6.18. The number of carbonyl (C=O) groups is 2. The van der Waals surface area contributed by atoms with Crippen LogP contribution in [0.3, 0.4) is 0 Å². The fraction of sp³-hybridized carbons (Fsp3) is 0.250. The molecule has 0 saturated carbocycles. The molecule has 0 aliphatic heterocycles. The van der Waals surface area contributed by atoms with Crippen molar-refractivity contribution in [1.29, 1.82) is 0 Å². The molecule has 0 aliphatic rings. The number of carbonyl (C=O) groups excluding carboxylic acids is 2. The van der Waals surface area contributed by atoms with E-state index in [9.17, 15) is 19.2 Å². The lowest BCUT2D eigenvalue weighted by Crippen LogP contribution is -2.35. The molecule has 0 radical (unpaired) electrons. The van der Waals surface area contributed by atoms with Gasteiger partial charge in [-0.05, 0) is 25.1 Å². The van der Waals surface area contributed by atoms with Crippen LogP contribution in [0.2, 0.25) is 5.02 Å². The van der Waals surface area contributed by atoms with Crippen molar-refractivity contribution in [2.75, 3.05) is 12.4 Å². The minimum absolute atomic E-state index is 0.324. The molecule has 0 saturated heterocycles. The van der Waals surface area contributed by atoms with E-state index in [1.807, 2.05) is 4.98 Å². The summed E-state index contributed by atoms with van der Waals surface area (Å²) in [7, 11) is 1.43. The van der Waals surface area contributed by atoms with Crippen LogP contribution >= 0.6 is 11.6 Å². The van der Waals surface area contributed by atoms with Gasteiger partial charge in [-0.2, -0.15) is 0 Å². The molecule has 9 nitrogen and oxygen atoms in total. The van der Waals surface area contributed by atoms with Crippen molar-refractivity contribution in [2.24, 2.45) is 0 Å². The summed E-state index contributed by atoms with van der Waals surface area (Å²) in [5, 5.41) is 2.94. The zero-order chi connectivity index (χ0) is 19.3. The normalized spacial score (nSPS) is 11.5. The molecule has 0 bridgehead atoms. The SMILES string of the molecule is COc1ccc(Cl)cc1NC(=O)[C@H](C)OC(=O)Cn1ccc(=O)[nH]c1=O. The molecule has 1 amide bonds. The Morgan fingerprint density at radius 1 is 1.31 bits per heavy atom. The fourth-order valence-electron chi connectivity index (χ4n) is 2.01. The van der Waals surface area contributed by atoms with Crippen LogP contribution in [0.15, 0.2) is 40.1 Å². The van der Waals surface area contributed by atoms with Crippen LogP contribution in [0.4, 0.5) is 5.69 Å². The van der Waals surface area contributed by atoms with E-state index in [1.54, 1.807) is 12.1 Å². The Balaban J connectivity index is 2.00. The Hall–Kier alpha value is -3.07. The van der Waals surface area contributed by atoms with Gasteiger partial charge in [0, 0.05) is 17.3 Å². The summed E-state index contributed by atoms with van der Waals surface area (Å²) in [6.07, 6.45) is 0.0222. The van der Waals surface area contributed by atoms with E-state index in [1.165, 1.54) is 20.1 Å². The lowest BCUT2D eigenvalue weighted by Gasteiger charge is -2.15. The maximum Gasteiger partial charge on any atom is 0.328 e. The lowest BCUT2D eigenvalue weighted by molar-refractivity contribution is -0.153. The second-order valence-electron chi connectivity index (χ2n) is 5.20. The van der Waals surface area contributed by atoms with Crippen LogP contribution in [0.5, 0.6) is 5.75 Å². The average molecular weight is 382 g/mol. The van der Waals surface area contributed by atoms with Crippen molar-refractivity contribution in [3.05, 3.63) is 56.3 Å². The summed E-state index contributed by atoms with van der Waals surface area (Å²) < 4.78 is 11.1. The highest BCUT2D eigenvalue weighted by Gasteiger charge is 2.20. The standard InChI is InChI=1S/C16H16ClN3O6/c1-9(15(23)18-11-7-10(17)3-4-12(11)25-2)26-14(22)8-20-6-5-13(21)19-16(20)24/h3-7,9H,8H2,1-2H3,(H,18,23)(H,19,21,24)/t9-/m0/s1. The predicted molar refractivity (Wildman–Crippen MR) is 93.5 cm³/mol. The number of aromatic amines is 1. The monoisotopic (exact) mass is 381 g/mol. The van der Waals surface area contributed by atoms with E-state index in [4.69, 9.17) is 21.1 Å². The molecule has 0 aliphatic carbocycles. The van der Waals surface area contributed by atoms with Gasteiger partial charge in [0.25, 0.3) is 11.5 Å². The van der Waals surface area contributed by atoms with E-state index < -0.39 is 35.8 Å². The van der Waals surface area contributed by atoms with Gasteiger partial charge in [0.2, 0.25) is 0 Å². The predicted octanol–water partition coefficient (Wildman–Crippen LogP) is 0.769. The summed E-state index contributed by atoms with van der Waals surface area (Å²) in [5.74, 6) is -1.03. The molecule has 1 heterocycles. The fourth-order valence-corrected chi connectivity index (χ4v) is 2.18. The number of ether oxygens (including phenoxy) is 2. The largest absolute Gasteiger partial charge is 0.495 e. The van der Waals surface area contributed by atoms with Gasteiger partial charge in [-0.3, -0.25) is 23.9 Å². The highest BCUT2D eigenvalue weighted by Crippen LogP contribution is 2.27. The maximum absolute atomic E-state index is 12.2. The molecule has 1 aromatic heterocycles. The third kappa shape index (κ3) is 4.96. The molecular formula is C16H16ClN3O6. The Labute approximate surface area is 152 Å². The molecule has 0 spiro atoms. The van der Waals surface area contributed by atoms with Gasteiger partial charge in [0.05, 0.1) is 12.8 Å². The first-order valence-electron chi connectivity index (χ1n) is 7.44. The van der Waals surface area contributed by atoms with Crippen molar-refractivity contribution in [2.45, 2.75) is 19.6 Å². The number of rotatable bonds is 6. The van der Waals surface area contributed by atoms with Crippen LogP contribution < -0.4 is 21.3 Å². The Morgan fingerprint density at radius 3 is 2.69 bits per heavy atom. The number of benzene rings is 1. The Morgan fingerprint density at radius 2 is 2.04 bits per heavy atom. The zero-order valence-corrected chi connectivity index (χ0v) is 14.7. The molecule has 2 N–H and O–H groups in total. The topological polar surface area (TPSA) is 119 Å². The van der Waals surface area contributed by atoms with E-state index in [-0.39, 0.29) is 0 Å². The number of esters is 1. The van der Waals surface area contributed by atoms with Crippen LogP contribution in [-0.4, -0.2) is 34.6 Å². The summed E-state index contributed by atoms with van der Waals surface area (Å²) >= 11 is 5.89. The average Bonchev–Trinajstić information content (AvgIpc) is 2.57. The third-order valence-electron chi connectivity index (χ3n) is 3.29. The number of aromatic nitrogens is 2. The second-order valence-corrected chi connectivity index (χ2v) is 5.64. The van der Waals surface area contributed by atoms with Gasteiger partial charge >= 0.3 is 11.7 Å². The molecule has 0 fully saturated rings. The van der Waals surface area contributed by atoms with Crippen LogP contribution in [0.25, 0.3) is 0 Å². The molecule has 10 heteroatoms. The van der Waals surface area contributed by atoms with Gasteiger partial charge in [-0.15, -0.1) is 0 Å². The summed E-state index contributed by atoms with van der Waals surface area (Å²) in [5.41, 5.74) is -1.01. The van der Waals surface area contributed by atoms with Crippen LogP contribution in [-0.2, 0) is 20.9 Å². The second kappa shape index (κ2) is 8.34. The van der Waals surface area contributed by atoms with Gasteiger partial charge in [-0.1, -0.05) is 11.6 Å². The molecular weight excluding hydrogens is 366 g/mol. The number of amides is 1. The molecule has 138 valence electrons. The van der Waals surface area contributed by atoms with Gasteiger partial charge < -0.3 is 14.8 Å². The van der Waals surface area contributed by atoms with E-state index in [0.717, 1.165) is 16.8 Å². The van der Waals surface area contributed by atoms with Gasteiger partial charge in [-0.25, -0.2) is 4.79 Å². The number of halogens is 1. The van der Waals surface area contributed by atoms with Gasteiger partial charge in [0.1, 0.15) is 12.3 Å². The summed E-state index contributed by atoms with van der Waals surface area (Å²) in [4.78, 5) is 48.6. The van der Waals surface area contributed by atoms with Crippen LogP contribution in [0.1, 0.15) is 6.92 Å². The number of hydrogen-bond acceptors (Lipinski definition) is 6. The summed E-state index contributed by atoms with van der Waals surface area (Å²) in [6.45, 7) is 0.924. The maximum atomic E-state index is 12.2. The highest BCUT2D eigenvalue weighted by molar-refractivity contribution is 6.31. The van der Waals surface area contributed by atoms with Crippen molar-refractivity contribution < 1.29 is 19.1 Å². The van der Waals surface area contributed by atoms with E-state index in [0.29, 0.717) is 16.5 Å². The lowest BCUT2D eigenvalue weighted by atomic mass is 10.2.